The average Bonchev–Trinajstić information content (AvgIpc) is 3.37. The maximum atomic E-state index is 13.1. The van der Waals surface area contributed by atoms with Crippen molar-refractivity contribution in [2.24, 2.45) is 5.92 Å². The summed E-state index contributed by atoms with van der Waals surface area (Å²) in [4.78, 5) is 34.3. The van der Waals surface area contributed by atoms with E-state index in [0.29, 0.717) is 32.7 Å². The molecule has 0 unspecified atom stereocenters. The Labute approximate surface area is 226 Å². The average molecular weight is 545 g/mol. The Morgan fingerprint density at radius 1 is 1.08 bits per heavy atom. The van der Waals surface area contributed by atoms with E-state index in [-0.39, 0.29) is 11.5 Å². The van der Waals surface area contributed by atoms with Crippen LogP contribution in [0.5, 0.6) is 0 Å². The predicted molar refractivity (Wildman–Crippen MR) is 157 cm³/mol. The molecule has 1 amide bonds. The fraction of sp³-hybridized carbons (Fsp3) is 0.607. The molecule has 3 aromatic rings. The van der Waals surface area contributed by atoms with Crippen LogP contribution in [0.3, 0.4) is 0 Å². The summed E-state index contributed by atoms with van der Waals surface area (Å²) in [6.07, 6.45) is 3.97. The number of nitrogens with one attached hydrogen (secondary N) is 2. The van der Waals surface area contributed by atoms with Crippen LogP contribution in [0.2, 0.25) is 16.6 Å². The van der Waals surface area contributed by atoms with Crippen LogP contribution in [0.4, 0.5) is 4.79 Å². The topological polar surface area (TPSA) is 89.0 Å². The van der Waals surface area contributed by atoms with Gasteiger partial charge < -0.3 is 19.3 Å². The number of hydrogen-bond acceptors (Lipinski definition) is 5. The Bertz CT molecular complexity index is 1270. The number of rotatable bonds is 8. The normalized spacial score (nSPS) is 13.8. The number of carbonyl (C=O) groups is 1. The Morgan fingerprint density at radius 2 is 1.68 bits per heavy atom. The number of H-pyrrole nitrogens is 1. The third-order valence-corrected chi connectivity index (χ3v) is 15.1. The zero-order valence-corrected chi connectivity index (χ0v) is 26.0. The summed E-state index contributed by atoms with van der Waals surface area (Å²) in [5, 5.41) is 2.88. The maximum Gasteiger partial charge on any atom is 0.408 e. The molecule has 0 aliphatic rings. The molecule has 9 heteroatoms. The van der Waals surface area contributed by atoms with Gasteiger partial charge in [0.1, 0.15) is 16.1 Å². The van der Waals surface area contributed by atoms with Gasteiger partial charge in [-0.3, -0.25) is 4.79 Å². The molecule has 7 nitrogen and oxygen atoms in total. The molecular formula is C28H44N4O3SSi. The van der Waals surface area contributed by atoms with Gasteiger partial charge in [0.2, 0.25) is 0 Å². The van der Waals surface area contributed by atoms with Crippen LogP contribution in [0.1, 0.15) is 88.0 Å². The predicted octanol–water partition coefficient (Wildman–Crippen LogP) is 7.70. The summed E-state index contributed by atoms with van der Waals surface area (Å²) in [7, 11) is -1.85. The van der Waals surface area contributed by atoms with Gasteiger partial charge in [0.15, 0.2) is 8.24 Å². The molecule has 3 rings (SSSR count). The second-order valence-corrected chi connectivity index (χ2v) is 19.1. The SMILES string of the molecule is CC(C)[C@H](NC(=O)OC(C)(C)C)c1nc2cc(-c3ccn([Si](C(C)C)(C(C)C)C(C)C)c3)sc2c(=O)[nH]1. The second-order valence-electron chi connectivity index (χ2n) is 12.3. The second kappa shape index (κ2) is 10.8. The van der Waals surface area contributed by atoms with Crippen LogP contribution < -0.4 is 10.9 Å². The zero-order valence-electron chi connectivity index (χ0n) is 24.2. The van der Waals surface area contributed by atoms with Crippen molar-refractivity contribution in [3.63, 3.8) is 0 Å². The van der Waals surface area contributed by atoms with Gasteiger partial charge in [-0.15, -0.1) is 11.3 Å². The zero-order chi connectivity index (χ0) is 27.9. The van der Waals surface area contributed by atoms with Gasteiger partial charge in [0.05, 0.1) is 11.6 Å². The van der Waals surface area contributed by atoms with E-state index < -0.39 is 26.0 Å². The van der Waals surface area contributed by atoms with Gasteiger partial charge in [-0.1, -0.05) is 55.4 Å². The highest BCUT2D eigenvalue weighted by molar-refractivity contribution is 7.22. The van der Waals surface area contributed by atoms with E-state index in [0.717, 1.165) is 10.4 Å². The molecule has 2 N–H and O–H groups in total. The summed E-state index contributed by atoms with van der Waals surface area (Å²) in [6.45, 7) is 23.5. The van der Waals surface area contributed by atoms with Crippen LogP contribution in [0.15, 0.2) is 29.3 Å². The van der Waals surface area contributed by atoms with Crippen molar-refractivity contribution in [2.45, 2.75) is 104 Å². The molecule has 3 aromatic heterocycles. The van der Waals surface area contributed by atoms with E-state index in [9.17, 15) is 9.59 Å². The summed E-state index contributed by atoms with van der Waals surface area (Å²) in [5.74, 6) is 0.438. The van der Waals surface area contributed by atoms with Crippen molar-refractivity contribution in [2.75, 3.05) is 0 Å². The lowest BCUT2D eigenvalue weighted by molar-refractivity contribution is 0.0486. The van der Waals surface area contributed by atoms with E-state index in [4.69, 9.17) is 9.72 Å². The molecule has 0 aliphatic heterocycles. The first kappa shape index (κ1) is 29.2. The van der Waals surface area contributed by atoms with Gasteiger partial charge in [0, 0.05) is 16.6 Å². The van der Waals surface area contributed by atoms with Gasteiger partial charge in [-0.05, 0) is 61.6 Å². The van der Waals surface area contributed by atoms with Crippen molar-refractivity contribution in [1.29, 1.82) is 0 Å². The number of nitrogens with zero attached hydrogens (tertiary/aromatic N) is 2. The molecule has 0 aliphatic carbocycles. The Kier molecular flexibility index (Phi) is 8.49. The summed E-state index contributed by atoms with van der Waals surface area (Å²) < 4.78 is 8.53. The van der Waals surface area contributed by atoms with E-state index in [1.54, 1.807) is 0 Å². The number of carbonyl (C=O) groups excluding carboxylic acids is 1. The maximum absolute atomic E-state index is 13.1. The number of hydrogen-bond donors (Lipinski definition) is 2. The molecular weight excluding hydrogens is 500 g/mol. The third-order valence-electron chi connectivity index (χ3n) is 7.23. The number of aromatic nitrogens is 3. The van der Waals surface area contributed by atoms with E-state index in [1.165, 1.54) is 11.3 Å². The van der Waals surface area contributed by atoms with Gasteiger partial charge in [0.25, 0.3) is 5.56 Å². The molecule has 0 radical (unpaired) electrons. The van der Waals surface area contributed by atoms with E-state index in [1.807, 2.05) is 40.7 Å². The lowest BCUT2D eigenvalue weighted by atomic mass is 10.0. The van der Waals surface area contributed by atoms with Crippen molar-refractivity contribution < 1.29 is 9.53 Å². The monoisotopic (exact) mass is 544 g/mol. The van der Waals surface area contributed by atoms with Gasteiger partial charge >= 0.3 is 6.09 Å². The number of thiophene rings is 1. The first-order valence-electron chi connectivity index (χ1n) is 13.3. The first-order chi connectivity index (χ1) is 17.1. The summed E-state index contributed by atoms with van der Waals surface area (Å²) in [6, 6.07) is 3.67. The molecule has 0 saturated carbocycles. The number of fused-ring (bicyclic) bond motifs is 1. The number of alkyl carbamates (subject to hydrolysis) is 1. The number of amides is 1. The van der Waals surface area contributed by atoms with Gasteiger partial charge in [-0.25, -0.2) is 9.78 Å². The number of ether oxygens (including phenoxy) is 1. The highest BCUT2D eigenvalue weighted by Gasteiger charge is 2.45. The smallest absolute Gasteiger partial charge is 0.408 e. The summed E-state index contributed by atoms with van der Waals surface area (Å²) in [5.41, 5.74) is 2.71. The molecule has 1 atom stereocenters. The van der Waals surface area contributed by atoms with Crippen molar-refractivity contribution >= 4 is 35.9 Å². The number of aromatic amines is 1. The molecule has 3 heterocycles. The molecule has 204 valence electrons. The molecule has 0 spiro atoms. The Hall–Kier alpha value is -2.39. The molecule has 37 heavy (non-hydrogen) atoms. The van der Waals surface area contributed by atoms with E-state index in [2.05, 4.69) is 74.5 Å². The minimum absolute atomic E-state index is 0.00133. The van der Waals surface area contributed by atoms with Crippen LogP contribution >= 0.6 is 11.3 Å². The van der Waals surface area contributed by atoms with Crippen LogP contribution in [-0.4, -0.2) is 34.1 Å². The third kappa shape index (κ3) is 5.87. The van der Waals surface area contributed by atoms with E-state index >= 15 is 0 Å². The minimum atomic E-state index is -1.85. The Morgan fingerprint density at radius 3 is 2.19 bits per heavy atom. The lowest BCUT2D eigenvalue weighted by Gasteiger charge is -2.44. The van der Waals surface area contributed by atoms with Crippen molar-refractivity contribution in [1.82, 2.24) is 19.5 Å². The first-order valence-corrected chi connectivity index (χ1v) is 16.3. The van der Waals surface area contributed by atoms with Crippen molar-refractivity contribution in [3.8, 4) is 10.4 Å². The fourth-order valence-corrected chi connectivity index (χ4v) is 13.4. The highest BCUT2D eigenvalue weighted by atomic mass is 32.1. The van der Waals surface area contributed by atoms with Gasteiger partial charge in [-0.2, -0.15) is 0 Å². The molecule has 0 bridgehead atoms. The molecule has 0 fully saturated rings. The van der Waals surface area contributed by atoms with Crippen molar-refractivity contribution in [3.05, 3.63) is 40.7 Å². The Balaban J connectivity index is 2.01. The molecule has 0 aromatic carbocycles. The highest BCUT2D eigenvalue weighted by Crippen LogP contribution is 2.43. The quantitative estimate of drug-likeness (QED) is 0.284. The largest absolute Gasteiger partial charge is 0.444 e. The lowest BCUT2D eigenvalue weighted by Crippen LogP contribution is -2.51. The molecule has 0 saturated heterocycles. The van der Waals surface area contributed by atoms with Crippen LogP contribution in [-0.2, 0) is 4.74 Å². The van der Waals surface area contributed by atoms with Crippen LogP contribution in [0, 0.1) is 5.92 Å². The minimum Gasteiger partial charge on any atom is -0.444 e. The standard InChI is InChI=1S/C28H44N4O3SSi/c1-16(2)23(30-27(34)35-28(9,10)11)25-29-21-14-22(36-24(21)26(33)31-25)20-12-13-32(15-20)37(17(3)4,18(5)6)19(7)8/h12-19,23H,1-11H3,(H,30,34)(H,29,31,33)/t23-/m0/s1. The summed E-state index contributed by atoms with van der Waals surface area (Å²) >= 11 is 1.46. The fourth-order valence-electron chi connectivity index (χ4n) is 5.91. The van der Waals surface area contributed by atoms with Crippen LogP contribution in [0.25, 0.3) is 20.7 Å².